The molecule has 0 N–H and O–H groups in total. The third-order valence-corrected chi connectivity index (χ3v) is 3.50. The Kier molecular flexibility index (Phi) is 28.8. The summed E-state index contributed by atoms with van der Waals surface area (Å²) < 4.78 is 14.3. The molecule has 0 saturated carbocycles. The van der Waals surface area contributed by atoms with Gasteiger partial charge in [0.25, 0.3) is 0 Å². The van der Waals surface area contributed by atoms with Gasteiger partial charge in [0.1, 0.15) is 0 Å². The van der Waals surface area contributed by atoms with Crippen LogP contribution in [-0.4, -0.2) is 6.61 Å². The van der Waals surface area contributed by atoms with E-state index in [1.54, 1.807) is 0 Å². The first kappa shape index (κ1) is 28.2. The largest absolute Gasteiger partial charge is 1.00 e. The van der Waals surface area contributed by atoms with E-state index in [0.29, 0.717) is 6.42 Å². The van der Waals surface area contributed by atoms with Crippen LogP contribution in [0, 0.1) is 0 Å². The van der Waals surface area contributed by atoms with Crippen LogP contribution in [0.4, 0.5) is 0 Å². The van der Waals surface area contributed by atoms with Crippen molar-refractivity contribution in [3.05, 3.63) is 0 Å². The molecule has 0 aliphatic rings. The second-order valence-corrected chi connectivity index (χ2v) is 5.97. The van der Waals surface area contributed by atoms with Crippen molar-refractivity contribution in [2.45, 2.75) is 77.6 Å². The number of hydrogen-bond donors (Lipinski definition) is 0. The summed E-state index contributed by atoms with van der Waals surface area (Å²) >= 11 is 0. The molecule has 20 heavy (non-hydrogen) atoms. The molecule has 0 radical (unpaired) electrons. The predicted octanol–water partition coefficient (Wildman–Crippen LogP) is -2.85. The third-order valence-electron chi connectivity index (χ3n) is 3.00. The van der Waals surface area contributed by atoms with Gasteiger partial charge in [-0.15, -0.1) is 0 Å². The molecule has 0 aromatic carbocycles. The van der Waals surface area contributed by atoms with Crippen LogP contribution in [0.5, 0.6) is 0 Å². The van der Waals surface area contributed by atoms with Crippen LogP contribution >= 0.6 is 7.82 Å². The zero-order valence-electron chi connectivity index (χ0n) is 13.6. The number of hydrogen-bond acceptors (Lipinski definition) is 4. The van der Waals surface area contributed by atoms with Gasteiger partial charge >= 0.3 is 103 Å². The molecule has 0 unspecified atom stereocenters. The quantitative estimate of drug-likeness (QED) is 0.202. The van der Waals surface area contributed by atoms with Crippen molar-refractivity contribution in [3.63, 3.8) is 0 Å². The van der Waals surface area contributed by atoms with Crippen LogP contribution in [0.2, 0.25) is 0 Å². The van der Waals surface area contributed by atoms with Gasteiger partial charge in [-0.1, -0.05) is 71.1 Å². The number of phosphoric ester groups is 1. The van der Waals surface area contributed by atoms with Crippen molar-refractivity contribution in [2.75, 3.05) is 6.61 Å². The average molecular weight is 357 g/mol. The fraction of sp³-hybridized carbons (Fsp3) is 1.00. The first-order chi connectivity index (χ1) is 8.56. The number of phosphoric acid groups is 1. The van der Waals surface area contributed by atoms with E-state index in [1.807, 2.05) is 0 Å². The summed E-state index contributed by atoms with van der Waals surface area (Å²) in [7, 11) is -4.75. The summed E-state index contributed by atoms with van der Waals surface area (Å²) in [5.74, 6) is 0. The minimum Gasteiger partial charge on any atom is -0.790 e. The maximum Gasteiger partial charge on any atom is 1.00 e. The molecule has 0 atom stereocenters. The summed E-state index contributed by atoms with van der Waals surface area (Å²) in [5.41, 5.74) is 0. The van der Waals surface area contributed by atoms with Gasteiger partial charge in [0, 0.05) is 0 Å². The molecule has 0 fully saturated rings. The van der Waals surface area contributed by atoms with Crippen molar-refractivity contribution in [3.8, 4) is 0 Å². The van der Waals surface area contributed by atoms with Gasteiger partial charge in [-0.3, -0.25) is 0 Å². The molecule has 0 spiro atoms. The van der Waals surface area contributed by atoms with E-state index in [-0.39, 0.29) is 109 Å². The first-order valence-electron chi connectivity index (χ1n) is 7.23. The normalized spacial score (nSPS) is 10.8. The minimum absolute atomic E-state index is 0. The Hall–Kier alpha value is 3.38. The maximum atomic E-state index is 10.2. The van der Waals surface area contributed by atoms with Gasteiger partial charge in [-0.2, -0.15) is 0 Å². The molecule has 110 valence electrons. The van der Waals surface area contributed by atoms with E-state index < -0.39 is 7.82 Å². The van der Waals surface area contributed by atoms with Crippen molar-refractivity contribution in [1.29, 1.82) is 0 Å². The Bertz CT molecular complexity index is 224. The molecule has 0 saturated heterocycles. The monoisotopic (exact) mass is 356 g/mol. The first-order valence-corrected chi connectivity index (χ1v) is 8.69. The second-order valence-electron chi connectivity index (χ2n) is 4.82. The van der Waals surface area contributed by atoms with E-state index >= 15 is 0 Å². The predicted molar refractivity (Wildman–Crippen MR) is 70.0 cm³/mol. The molecule has 0 heterocycles. The Morgan fingerprint density at radius 1 is 0.750 bits per heavy atom. The topological polar surface area (TPSA) is 72.4 Å². The van der Waals surface area contributed by atoms with E-state index in [4.69, 9.17) is 0 Å². The van der Waals surface area contributed by atoms with Gasteiger partial charge in [-0.25, -0.2) is 0 Å². The molecule has 0 rings (SSSR count). The molecule has 0 aromatic heterocycles. The van der Waals surface area contributed by atoms with Gasteiger partial charge < -0.3 is 18.9 Å². The van der Waals surface area contributed by atoms with E-state index in [1.165, 1.54) is 51.4 Å². The third kappa shape index (κ3) is 26.3. The molecule has 4 nitrogen and oxygen atoms in total. The van der Waals surface area contributed by atoms with Gasteiger partial charge in [0.05, 0.1) is 14.4 Å². The summed E-state index contributed by atoms with van der Waals surface area (Å²) in [6.07, 6.45) is 13.1. The van der Waals surface area contributed by atoms with E-state index in [9.17, 15) is 14.4 Å². The SMILES string of the molecule is CCCCCCCCCCCCCOP(=O)([O-])[O-].[K+].[K+]. The standard InChI is InChI=1S/C13H29O4P.2K/c1-2-3-4-5-6-7-8-9-10-11-12-13-17-18(14,15)16;;/h2-13H2,1H3,(H2,14,15,16);;/q;2*+1/p-2. The van der Waals surface area contributed by atoms with Crippen molar-refractivity contribution in [1.82, 2.24) is 0 Å². The van der Waals surface area contributed by atoms with E-state index in [2.05, 4.69) is 11.4 Å². The zero-order valence-corrected chi connectivity index (χ0v) is 20.7. The fourth-order valence-electron chi connectivity index (χ4n) is 1.94. The molecule has 0 aromatic rings. The Balaban J connectivity index is -0.00000144. The smallest absolute Gasteiger partial charge is 0.790 e. The summed E-state index contributed by atoms with van der Waals surface area (Å²) in [4.78, 5) is 20.3. The van der Waals surface area contributed by atoms with Crippen molar-refractivity contribution < 1.29 is 122 Å². The number of rotatable bonds is 13. The maximum absolute atomic E-state index is 10.2. The van der Waals surface area contributed by atoms with Crippen LogP contribution < -0.4 is 113 Å². The summed E-state index contributed by atoms with van der Waals surface area (Å²) in [6, 6.07) is 0. The molecule has 7 heteroatoms. The average Bonchev–Trinajstić information content (AvgIpc) is 2.29. The van der Waals surface area contributed by atoms with Gasteiger partial charge in [-0.05, 0) is 6.42 Å². The number of unbranched alkanes of at least 4 members (excludes halogenated alkanes) is 10. The van der Waals surface area contributed by atoms with Crippen LogP contribution in [0.1, 0.15) is 77.6 Å². The Morgan fingerprint density at radius 2 is 1.10 bits per heavy atom. The zero-order chi connectivity index (χ0) is 13.7. The van der Waals surface area contributed by atoms with Crippen molar-refractivity contribution >= 4 is 7.82 Å². The van der Waals surface area contributed by atoms with Gasteiger partial charge in [0.15, 0.2) is 0 Å². The van der Waals surface area contributed by atoms with Crippen LogP contribution in [0.3, 0.4) is 0 Å². The summed E-state index contributed by atoms with van der Waals surface area (Å²) in [5, 5.41) is 0. The van der Waals surface area contributed by atoms with E-state index in [0.717, 1.165) is 12.8 Å². The van der Waals surface area contributed by atoms with Crippen LogP contribution in [0.25, 0.3) is 0 Å². The van der Waals surface area contributed by atoms with Crippen molar-refractivity contribution in [2.24, 2.45) is 0 Å². The molecular weight excluding hydrogens is 329 g/mol. The second kappa shape index (κ2) is 20.4. The fourth-order valence-corrected chi connectivity index (χ4v) is 2.30. The molecule has 0 bridgehead atoms. The Labute approximate surface area is 209 Å². The minimum atomic E-state index is -4.75. The van der Waals surface area contributed by atoms with Gasteiger partial charge in [0.2, 0.25) is 0 Å². The Morgan fingerprint density at radius 3 is 1.45 bits per heavy atom. The molecule has 0 amide bonds. The van der Waals surface area contributed by atoms with Crippen LogP contribution in [0.15, 0.2) is 0 Å². The summed E-state index contributed by atoms with van der Waals surface area (Å²) in [6.45, 7) is 2.27. The molecule has 0 aliphatic carbocycles. The molecular formula is C13H27K2O4P. The van der Waals surface area contributed by atoms with Crippen LogP contribution in [-0.2, 0) is 9.09 Å². The molecule has 0 aliphatic heterocycles.